The Labute approximate surface area is 136 Å². The first-order chi connectivity index (χ1) is 11.4. The molecule has 0 bridgehead atoms. The van der Waals surface area contributed by atoms with E-state index in [1.807, 2.05) is 0 Å². The van der Waals surface area contributed by atoms with Crippen molar-refractivity contribution in [1.82, 2.24) is 0 Å². The normalized spacial score (nSPS) is 12.6. The minimum Gasteiger partial charge on any atom is -0.457 e. The molecule has 0 radical (unpaired) electrons. The third-order valence-electron chi connectivity index (χ3n) is 3.31. The Bertz CT molecular complexity index is 716. The van der Waals surface area contributed by atoms with Crippen molar-refractivity contribution in [2.24, 2.45) is 0 Å². The minimum atomic E-state index is -5.12. The number of rotatable bonds is 5. The second-order valence-corrected chi connectivity index (χ2v) is 5.02. The van der Waals surface area contributed by atoms with Gasteiger partial charge in [0.25, 0.3) is 0 Å². The first-order valence-electron chi connectivity index (χ1n) is 6.87. The van der Waals surface area contributed by atoms with Crippen LogP contribution in [0.5, 0.6) is 0 Å². The first-order valence-corrected chi connectivity index (χ1v) is 6.87. The maximum atomic E-state index is 12.4. The van der Waals surface area contributed by atoms with Gasteiger partial charge < -0.3 is 8.83 Å². The molecule has 0 atom stereocenters. The zero-order valence-electron chi connectivity index (χ0n) is 12.5. The maximum Gasteiger partial charge on any atom is 0.458 e. The molecule has 0 aromatic carbocycles. The largest absolute Gasteiger partial charge is 0.458 e. The Balaban J connectivity index is 2.30. The monoisotopic (exact) mass is 368 g/mol. The van der Waals surface area contributed by atoms with Crippen LogP contribution in [0.2, 0.25) is 0 Å². The molecule has 0 N–H and O–H groups in total. The Morgan fingerprint density at radius 3 is 1.48 bits per heavy atom. The average molecular weight is 368 g/mol. The van der Waals surface area contributed by atoms with Gasteiger partial charge in [0.05, 0.1) is 5.92 Å². The van der Waals surface area contributed by atoms with Crippen LogP contribution in [-0.2, 0) is 0 Å². The predicted octanol–water partition coefficient (Wildman–Crippen LogP) is 4.90. The fourth-order valence-electron chi connectivity index (χ4n) is 2.15. The topological polar surface area (TPSA) is 60.4 Å². The van der Waals surface area contributed by atoms with E-state index in [0.717, 1.165) is 24.3 Å². The molecule has 0 aliphatic heterocycles. The summed E-state index contributed by atoms with van der Waals surface area (Å²) in [5, 5.41) is 0. The first kappa shape index (κ1) is 18.8. The molecule has 2 rings (SSSR count). The fraction of sp³-hybridized carbons (Fsp3) is 0.333. The highest BCUT2D eigenvalue weighted by atomic mass is 19.4. The van der Waals surface area contributed by atoms with Crippen molar-refractivity contribution in [2.45, 2.75) is 31.6 Å². The lowest BCUT2D eigenvalue weighted by Crippen LogP contribution is -2.22. The lowest BCUT2D eigenvalue weighted by atomic mass is 10.0. The molecule has 0 saturated heterocycles. The standard InChI is InChI=1S/C15H10F6O4/c1-2-7(8-3-5-10(24-8)12(22)14(16,17)18)9-4-6-11(25-9)13(23)15(19,20)21/h3-7H,2H2,1H3. The van der Waals surface area contributed by atoms with Crippen LogP contribution < -0.4 is 0 Å². The highest BCUT2D eigenvalue weighted by molar-refractivity contribution is 5.98. The maximum absolute atomic E-state index is 12.4. The Morgan fingerprint density at radius 1 is 0.840 bits per heavy atom. The average Bonchev–Trinajstić information content (AvgIpc) is 3.14. The third kappa shape index (κ3) is 3.94. The number of halogens is 6. The molecule has 0 amide bonds. The van der Waals surface area contributed by atoms with E-state index in [1.165, 1.54) is 0 Å². The molecule has 0 unspecified atom stereocenters. The molecule has 0 spiro atoms. The summed E-state index contributed by atoms with van der Waals surface area (Å²) >= 11 is 0. The number of ketones is 2. The smallest absolute Gasteiger partial charge is 0.457 e. The van der Waals surface area contributed by atoms with Gasteiger partial charge in [0.15, 0.2) is 11.5 Å². The summed E-state index contributed by atoms with van der Waals surface area (Å²) in [4.78, 5) is 22.2. The van der Waals surface area contributed by atoms with E-state index in [0.29, 0.717) is 0 Å². The van der Waals surface area contributed by atoms with Crippen molar-refractivity contribution >= 4 is 11.6 Å². The van der Waals surface area contributed by atoms with Crippen LogP contribution in [0.3, 0.4) is 0 Å². The Morgan fingerprint density at radius 2 is 1.20 bits per heavy atom. The molecule has 2 heterocycles. The molecule has 4 nitrogen and oxygen atoms in total. The zero-order chi connectivity index (χ0) is 19.0. The molecule has 25 heavy (non-hydrogen) atoms. The molecular formula is C15H10F6O4. The molecule has 0 fully saturated rings. The van der Waals surface area contributed by atoms with Crippen molar-refractivity contribution in [2.75, 3.05) is 0 Å². The van der Waals surface area contributed by atoms with Crippen LogP contribution in [0.15, 0.2) is 33.1 Å². The lowest BCUT2D eigenvalue weighted by Gasteiger charge is -2.09. The molecular weight excluding hydrogens is 358 g/mol. The summed E-state index contributed by atoms with van der Waals surface area (Å²) in [7, 11) is 0. The van der Waals surface area contributed by atoms with E-state index in [2.05, 4.69) is 0 Å². The number of Topliss-reactive ketones (excluding diaryl/α,β-unsaturated/α-hetero) is 2. The van der Waals surface area contributed by atoms with Crippen LogP contribution in [0, 0.1) is 0 Å². The van der Waals surface area contributed by atoms with Gasteiger partial charge in [0.2, 0.25) is 0 Å². The Kier molecular flexibility index (Phi) is 4.83. The molecule has 2 aromatic rings. The van der Waals surface area contributed by atoms with Gasteiger partial charge in [-0.15, -0.1) is 0 Å². The zero-order valence-corrected chi connectivity index (χ0v) is 12.5. The van der Waals surface area contributed by atoms with Crippen molar-refractivity contribution in [1.29, 1.82) is 0 Å². The molecule has 0 aliphatic rings. The summed E-state index contributed by atoms with van der Waals surface area (Å²) in [5.41, 5.74) is 0. The lowest BCUT2D eigenvalue weighted by molar-refractivity contribution is -0.0902. The van der Waals surface area contributed by atoms with E-state index in [-0.39, 0.29) is 17.9 Å². The van der Waals surface area contributed by atoms with Crippen LogP contribution in [0.25, 0.3) is 0 Å². The molecule has 0 saturated carbocycles. The molecule has 136 valence electrons. The van der Waals surface area contributed by atoms with Gasteiger partial charge in [-0.25, -0.2) is 0 Å². The van der Waals surface area contributed by atoms with Gasteiger partial charge >= 0.3 is 23.9 Å². The highest BCUT2D eigenvalue weighted by Gasteiger charge is 2.43. The second kappa shape index (κ2) is 6.41. The van der Waals surface area contributed by atoms with Gasteiger partial charge in [0.1, 0.15) is 11.5 Å². The van der Waals surface area contributed by atoms with E-state index in [9.17, 15) is 35.9 Å². The van der Waals surface area contributed by atoms with E-state index >= 15 is 0 Å². The van der Waals surface area contributed by atoms with Gasteiger partial charge in [-0.3, -0.25) is 9.59 Å². The number of hydrogen-bond donors (Lipinski definition) is 0. The van der Waals surface area contributed by atoms with Crippen LogP contribution in [-0.4, -0.2) is 23.9 Å². The van der Waals surface area contributed by atoms with Crippen molar-refractivity contribution in [3.8, 4) is 0 Å². The van der Waals surface area contributed by atoms with Gasteiger partial charge in [0, 0.05) is 0 Å². The number of hydrogen-bond acceptors (Lipinski definition) is 4. The minimum absolute atomic E-state index is 0.101. The van der Waals surface area contributed by atoms with E-state index in [4.69, 9.17) is 8.83 Å². The van der Waals surface area contributed by atoms with Crippen LogP contribution in [0.4, 0.5) is 26.3 Å². The van der Waals surface area contributed by atoms with Crippen molar-refractivity contribution < 1.29 is 44.8 Å². The van der Waals surface area contributed by atoms with Gasteiger partial charge in [-0.05, 0) is 30.7 Å². The molecule has 10 heteroatoms. The fourth-order valence-corrected chi connectivity index (χ4v) is 2.15. The predicted molar refractivity (Wildman–Crippen MR) is 70.3 cm³/mol. The third-order valence-corrected chi connectivity index (χ3v) is 3.31. The quantitative estimate of drug-likeness (QED) is 0.556. The summed E-state index contributed by atoms with van der Waals surface area (Å²) < 4.78 is 84.1. The number of carbonyl (C=O) groups excluding carboxylic acids is 2. The van der Waals surface area contributed by atoms with Gasteiger partial charge in [-0.2, -0.15) is 26.3 Å². The van der Waals surface area contributed by atoms with Crippen LogP contribution in [0.1, 0.15) is 51.9 Å². The summed E-state index contributed by atoms with van der Waals surface area (Å²) in [6, 6.07) is 3.83. The summed E-state index contributed by atoms with van der Waals surface area (Å²) in [5.74, 6) is -7.31. The Hall–Kier alpha value is -2.52. The van der Waals surface area contributed by atoms with Crippen molar-refractivity contribution in [3.05, 3.63) is 47.3 Å². The summed E-state index contributed by atoms with van der Waals surface area (Å²) in [6.45, 7) is 1.58. The van der Waals surface area contributed by atoms with Crippen molar-refractivity contribution in [3.63, 3.8) is 0 Å². The summed E-state index contributed by atoms with van der Waals surface area (Å²) in [6.07, 6.45) is -10.1. The highest BCUT2D eigenvalue weighted by Crippen LogP contribution is 2.33. The number of alkyl halides is 6. The van der Waals surface area contributed by atoms with E-state index < -0.39 is 41.4 Å². The van der Waals surface area contributed by atoms with E-state index in [1.54, 1.807) is 6.92 Å². The second-order valence-electron chi connectivity index (χ2n) is 5.02. The number of carbonyl (C=O) groups is 2. The molecule has 0 aliphatic carbocycles. The van der Waals surface area contributed by atoms with Crippen LogP contribution >= 0.6 is 0 Å². The molecule has 2 aromatic heterocycles. The number of furan rings is 2. The van der Waals surface area contributed by atoms with Gasteiger partial charge in [-0.1, -0.05) is 6.92 Å². The SMILES string of the molecule is CCC(c1ccc(C(=O)C(F)(F)F)o1)c1ccc(C(=O)C(F)(F)F)o1.